The molecule has 1 fully saturated rings. The third-order valence-corrected chi connectivity index (χ3v) is 4.70. The van der Waals surface area contributed by atoms with Crippen LogP contribution in [0.15, 0.2) is 35.4 Å². The minimum absolute atomic E-state index is 0.0110. The van der Waals surface area contributed by atoms with Gasteiger partial charge < -0.3 is 9.32 Å². The number of aromatic nitrogens is 2. The third kappa shape index (κ3) is 3.32. The van der Waals surface area contributed by atoms with Crippen LogP contribution < -0.4 is 0 Å². The number of amides is 1. The highest BCUT2D eigenvalue weighted by molar-refractivity contribution is 5.93. The Hall–Kier alpha value is -2.08. The van der Waals surface area contributed by atoms with Crippen LogP contribution in [0.25, 0.3) is 0 Å². The Morgan fingerprint density at radius 3 is 2.96 bits per heavy atom. The van der Waals surface area contributed by atoms with Crippen molar-refractivity contribution in [3.63, 3.8) is 0 Å². The van der Waals surface area contributed by atoms with Crippen LogP contribution in [-0.2, 0) is 7.05 Å². The van der Waals surface area contributed by atoms with E-state index in [1.807, 2.05) is 25.0 Å². The molecule has 3 heterocycles. The van der Waals surface area contributed by atoms with Crippen LogP contribution in [0, 0.1) is 5.92 Å². The van der Waals surface area contributed by atoms with Gasteiger partial charge in [0.2, 0.25) is 0 Å². The van der Waals surface area contributed by atoms with E-state index in [9.17, 15) is 4.79 Å². The molecule has 1 aliphatic rings. The maximum Gasteiger partial charge on any atom is 0.256 e. The number of furan rings is 1. The average molecular weight is 316 g/mol. The number of hydrogen-bond donors (Lipinski definition) is 0. The maximum atomic E-state index is 12.4. The zero-order valence-corrected chi connectivity index (χ0v) is 14.0. The summed E-state index contributed by atoms with van der Waals surface area (Å²) in [4.78, 5) is 16.6. The molecule has 6 heteroatoms. The number of rotatable bonds is 4. The van der Waals surface area contributed by atoms with Gasteiger partial charge in [0.05, 0.1) is 18.0 Å². The Labute approximate surface area is 136 Å². The van der Waals surface area contributed by atoms with Gasteiger partial charge in [0, 0.05) is 38.4 Å². The highest BCUT2D eigenvalue weighted by atomic mass is 16.3. The van der Waals surface area contributed by atoms with Crippen molar-refractivity contribution in [2.24, 2.45) is 13.0 Å². The number of piperidine rings is 1. The maximum absolute atomic E-state index is 12.4. The van der Waals surface area contributed by atoms with Crippen LogP contribution in [0.2, 0.25) is 0 Å². The summed E-state index contributed by atoms with van der Waals surface area (Å²) in [6.45, 7) is 1.81. The quantitative estimate of drug-likeness (QED) is 0.867. The Morgan fingerprint density at radius 1 is 1.48 bits per heavy atom. The monoisotopic (exact) mass is 316 g/mol. The van der Waals surface area contributed by atoms with E-state index in [0.29, 0.717) is 17.5 Å². The number of carbonyl (C=O) groups excluding carboxylic acids is 1. The van der Waals surface area contributed by atoms with Crippen molar-refractivity contribution in [2.45, 2.75) is 18.9 Å². The molecule has 0 spiro atoms. The van der Waals surface area contributed by atoms with Crippen molar-refractivity contribution in [1.82, 2.24) is 19.6 Å². The second kappa shape index (κ2) is 6.58. The molecule has 0 saturated carbocycles. The van der Waals surface area contributed by atoms with E-state index in [1.54, 1.807) is 11.0 Å². The van der Waals surface area contributed by atoms with E-state index in [2.05, 4.69) is 23.2 Å². The van der Waals surface area contributed by atoms with E-state index in [4.69, 9.17) is 4.42 Å². The number of aryl methyl sites for hydroxylation is 1. The topological polar surface area (TPSA) is 54.5 Å². The van der Waals surface area contributed by atoms with Crippen LogP contribution in [0.3, 0.4) is 0 Å². The van der Waals surface area contributed by atoms with Gasteiger partial charge in [-0.2, -0.15) is 5.10 Å². The summed E-state index contributed by atoms with van der Waals surface area (Å²) in [5.41, 5.74) is 1.83. The molecule has 0 aromatic carbocycles. The first-order chi connectivity index (χ1) is 11.1. The van der Waals surface area contributed by atoms with E-state index < -0.39 is 0 Å². The van der Waals surface area contributed by atoms with Gasteiger partial charge >= 0.3 is 0 Å². The molecule has 6 nitrogen and oxygen atoms in total. The minimum atomic E-state index is 0.0110. The van der Waals surface area contributed by atoms with Gasteiger partial charge in [0.1, 0.15) is 6.26 Å². The molecular weight excluding hydrogens is 292 g/mol. The lowest BCUT2D eigenvalue weighted by Crippen LogP contribution is -2.42. The molecule has 2 aromatic rings. The Morgan fingerprint density at radius 2 is 2.30 bits per heavy atom. The largest absolute Gasteiger partial charge is 0.472 e. The molecule has 0 radical (unpaired) electrons. The molecule has 2 atom stereocenters. The van der Waals surface area contributed by atoms with Crippen LogP contribution in [-0.4, -0.2) is 52.7 Å². The van der Waals surface area contributed by atoms with Crippen molar-refractivity contribution in [2.75, 3.05) is 27.2 Å². The van der Waals surface area contributed by atoms with E-state index in [1.165, 1.54) is 18.1 Å². The van der Waals surface area contributed by atoms with Gasteiger partial charge in [0.25, 0.3) is 5.91 Å². The zero-order chi connectivity index (χ0) is 16.4. The first-order valence-corrected chi connectivity index (χ1v) is 8.02. The molecule has 23 heavy (non-hydrogen) atoms. The minimum Gasteiger partial charge on any atom is -0.472 e. The zero-order valence-electron chi connectivity index (χ0n) is 14.0. The van der Waals surface area contributed by atoms with Crippen molar-refractivity contribution in [1.29, 1.82) is 0 Å². The van der Waals surface area contributed by atoms with Gasteiger partial charge in [-0.25, -0.2) is 0 Å². The van der Waals surface area contributed by atoms with Gasteiger partial charge in [-0.05, 0) is 38.4 Å². The fourth-order valence-electron chi connectivity index (χ4n) is 3.61. The summed E-state index contributed by atoms with van der Waals surface area (Å²) >= 11 is 0. The number of likely N-dealkylation sites (tertiary alicyclic amines) is 1. The van der Waals surface area contributed by atoms with Gasteiger partial charge in [-0.15, -0.1) is 0 Å². The molecule has 0 bridgehead atoms. The van der Waals surface area contributed by atoms with Crippen molar-refractivity contribution < 1.29 is 9.21 Å². The predicted octanol–water partition coefficient (Wildman–Crippen LogP) is 2.17. The fraction of sp³-hybridized carbons (Fsp3) is 0.529. The first kappa shape index (κ1) is 15.8. The summed E-state index contributed by atoms with van der Waals surface area (Å²) in [6, 6.07) is 2.02. The van der Waals surface area contributed by atoms with Crippen molar-refractivity contribution >= 4 is 5.91 Å². The summed E-state index contributed by atoms with van der Waals surface area (Å²) in [7, 11) is 5.96. The summed E-state index contributed by atoms with van der Waals surface area (Å²) in [5, 5.41) is 4.31. The van der Waals surface area contributed by atoms with Gasteiger partial charge in [0.15, 0.2) is 0 Å². The highest BCUT2D eigenvalue weighted by Crippen LogP contribution is 2.35. The normalized spacial score (nSPS) is 22.2. The lowest BCUT2D eigenvalue weighted by Gasteiger charge is -2.40. The van der Waals surface area contributed by atoms with Crippen molar-refractivity contribution in [3.8, 4) is 0 Å². The summed E-state index contributed by atoms with van der Waals surface area (Å²) < 4.78 is 6.86. The van der Waals surface area contributed by atoms with Crippen LogP contribution in [0.1, 0.15) is 34.8 Å². The molecule has 3 rings (SSSR count). The number of carbonyl (C=O) groups is 1. The van der Waals surface area contributed by atoms with E-state index in [0.717, 1.165) is 25.9 Å². The van der Waals surface area contributed by atoms with Crippen LogP contribution in [0.4, 0.5) is 0 Å². The average Bonchev–Trinajstić information content (AvgIpc) is 3.18. The standard InChI is InChI=1S/C17H24N4O2/c1-19-7-4-5-13(16(19)15-9-18-21(3)11-15)10-20(2)17(22)14-6-8-23-12-14/h6,8-9,11-13,16H,4-5,7,10H2,1-3H3/t13-,16+/m0/s1. The fourth-order valence-corrected chi connectivity index (χ4v) is 3.61. The third-order valence-electron chi connectivity index (χ3n) is 4.70. The molecule has 0 N–H and O–H groups in total. The summed E-state index contributed by atoms with van der Waals surface area (Å²) in [6.07, 6.45) is 9.34. The molecule has 0 unspecified atom stereocenters. The molecule has 0 aliphatic carbocycles. The molecular formula is C17H24N4O2. The Balaban J connectivity index is 1.75. The summed E-state index contributed by atoms with van der Waals surface area (Å²) in [5.74, 6) is 0.413. The van der Waals surface area contributed by atoms with E-state index >= 15 is 0 Å². The molecule has 1 amide bonds. The Kier molecular flexibility index (Phi) is 4.52. The predicted molar refractivity (Wildman–Crippen MR) is 87.0 cm³/mol. The molecule has 2 aromatic heterocycles. The number of hydrogen-bond acceptors (Lipinski definition) is 4. The highest BCUT2D eigenvalue weighted by Gasteiger charge is 2.33. The smallest absolute Gasteiger partial charge is 0.256 e. The van der Waals surface area contributed by atoms with Gasteiger partial charge in [-0.3, -0.25) is 14.4 Å². The van der Waals surface area contributed by atoms with Crippen LogP contribution >= 0.6 is 0 Å². The Bertz CT molecular complexity index is 649. The second-order valence-electron chi connectivity index (χ2n) is 6.47. The molecule has 1 saturated heterocycles. The molecule has 124 valence electrons. The lowest BCUT2D eigenvalue weighted by molar-refractivity contribution is 0.0644. The SMILES string of the molecule is CN(C[C@@H]1CCCN(C)[C@H]1c1cnn(C)c1)C(=O)c1ccoc1. The van der Waals surface area contributed by atoms with Crippen molar-refractivity contribution in [3.05, 3.63) is 42.1 Å². The van der Waals surface area contributed by atoms with Gasteiger partial charge in [-0.1, -0.05) is 0 Å². The van der Waals surface area contributed by atoms with Crippen LogP contribution in [0.5, 0.6) is 0 Å². The molecule has 1 aliphatic heterocycles. The second-order valence-corrected chi connectivity index (χ2v) is 6.47. The first-order valence-electron chi connectivity index (χ1n) is 8.02. The van der Waals surface area contributed by atoms with E-state index in [-0.39, 0.29) is 5.91 Å². The number of nitrogens with zero attached hydrogens (tertiary/aromatic N) is 4. The lowest BCUT2D eigenvalue weighted by atomic mass is 9.85.